The van der Waals surface area contributed by atoms with Crippen molar-refractivity contribution in [1.82, 2.24) is 4.98 Å². The summed E-state index contributed by atoms with van der Waals surface area (Å²) in [5, 5.41) is 4.93. The van der Waals surface area contributed by atoms with Crippen LogP contribution in [0.15, 0.2) is 95.9 Å². The van der Waals surface area contributed by atoms with E-state index in [2.05, 4.69) is 54.6 Å². The van der Waals surface area contributed by atoms with Crippen LogP contribution in [-0.2, 0) is 4.79 Å². The van der Waals surface area contributed by atoms with Crippen molar-refractivity contribution in [3.05, 3.63) is 102 Å². The summed E-state index contributed by atoms with van der Waals surface area (Å²) in [6, 6.07) is 15.9. The van der Waals surface area contributed by atoms with Crippen LogP contribution in [0, 0.1) is 11.8 Å². The largest absolute Gasteiger partial charge is 0.326 e. The molecule has 1 unspecified atom stereocenters. The Bertz CT molecular complexity index is 1240. The minimum Gasteiger partial charge on any atom is -0.326 e. The third-order valence-electron chi connectivity index (χ3n) is 6.91. The molecule has 0 bridgehead atoms. The van der Waals surface area contributed by atoms with Gasteiger partial charge in [0.1, 0.15) is 0 Å². The molecule has 180 valence electrons. The fraction of sp³-hybridized carbons (Fsp3) is 0.267. The zero-order valence-electron chi connectivity index (χ0n) is 20.0. The second-order valence-electron chi connectivity index (χ2n) is 9.09. The lowest BCUT2D eigenvalue weighted by Crippen LogP contribution is -2.29. The molecule has 2 aromatic carbocycles. The maximum absolute atomic E-state index is 12.8. The molecule has 3 aromatic rings. The van der Waals surface area contributed by atoms with E-state index in [0.29, 0.717) is 16.9 Å². The van der Waals surface area contributed by atoms with Crippen LogP contribution in [-0.4, -0.2) is 10.9 Å². The summed E-state index contributed by atoms with van der Waals surface area (Å²) in [6.07, 6.45) is 11.8. The number of benzene rings is 2. The van der Waals surface area contributed by atoms with Gasteiger partial charge in [-0.15, -0.1) is 0 Å². The fourth-order valence-electron chi connectivity index (χ4n) is 4.90. The molecule has 3 nitrogen and oxygen atoms in total. The van der Waals surface area contributed by atoms with Gasteiger partial charge >= 0.3 is 0 Å². The average molecular weight is 503 g/mol. The van der Waals surface area contributed by atoms with Crippen molar-refractivity contribution in [3.8, 4) is 0 Å². The normalized spacial score (nSPS) is 19.2. The molecule has 4 rings (SSSR count). The van der Waals surface area contributed by atoms with Gasteiger partial charge in [-0.05, 0) is 97.7 Å². The highest BCUT2D eigenvalue weighted by molar-refractivity contribution is 8.03. The number of amides is 1. The molecule has 1 heterocycles. The number of pyridine rings is 1. The summed E-state index contributed by atoms with van der Waals surface area (Å²) in [7, 11) is 0. The van der Waals surface area contributed by atoms with Crippen LogP contribution in [0.4, 0.5) is 5.69 Å². The van der Waals surface area contributed by atoms with Crippen molar-refractivity contribution in [2.75, 3.05) is 5.32 Å². The topological polar surface area (TPSA) is 42.0 Å². The quantitative estimate of drug-likeness (QED) is 0.247. The van der Waals surface area contributed by atoms with Crippen LogP contribution in [0.2, 0.25) is 5.02 Å². The molecule has 1 saturated carbocycles. The number of carbonyl (C=O) groups excluding carboxylic acids is 1. The van der Waals surface area contributed by atoms with Gasteiger partial charge in [0, 0.05) is 38.0 Å². The highest BCUT2D eigenvalue weighted by atomic mass is 35.5. The van der Waals surface area contributed by atoms with Crippen molar-refractivity contribution in [2.24, 2.45) is 11.8 Å². The predicted octanol–water partition coefficient (Wildman–Crippen LogP) is 8.78. The number of aromatic nitrogens is 1. The third kappa shape index (κ3) is 6.25. The number of thioether (sulfide) groups is 1. The van der Waals surface area contributed by atoms with E-state index in [4.69, 9.17) is 11.6 Å². The highest BCUT2D eigenvalue weighted by Gasteiger charge is 2.30. The van der Waals surface area contributed by atoms with E-state index in [1.54, 1.807) is 30.0 Å². The van der Waals surface area contributed by atoms with Crippen molar-refractivity contribution in [1.29, 1.82) is 0 Å². The number of hydrogen-bond acceptors (Lipinski definition) is 3. The van der Waals surface area contributed by atoms with E-state index in [-0.39, 0.29) is 11.8 Å². The van der Waals surface area contributed by atoms with Gasteiger partial charge in [0.15, 0.2) is 0 Å². The second kappa shape index (κ2) is 11.7. The van der Waals surface area contributed by atoms with Gasteiger partial charge in [0.25, 0.3) is 0 Å². The number of halogens is 1. The molecule has 1 atom stereocenters. The summed E-state index contributed by atoms with van der Waals surface area (Å²) in [5.74, 6) is 0.915. The van der Waals surface area contributed by atoms with Crippen LogP contribution in [0.3, 0.4) is 0 Å². The summed E-state index contributed by atoms with van der Waals surface area (Å²) in [5.41, 5.74) is 3.18. The van der Waals surface area contributed by atoms with Crippen LogP contribution >= 0.6 is 23.4 Å². The van der Waals surface area contributed by atoms with Gasteiger partial charge in [-0.1, -0.05) is 55.6 Å². The van der Waals surface area contributed by atoms with Gasteiger partial charge < -0.3 is 5.32 Å². The Labute approximate surface area is 217 Å². The lowest BCUT2D eigenvalue weighted by molar-refractivity contribution is -0.121. The first kappa shape index (κ1) is 25.3. The monoisotopic (exact) mass is 502 g/mol. The van der Waals surface area contributed by atoms with Crippen LogP contribution in [0.1, 0.15) is 44.1 Å². The molecule has 0 spiro atoms. The molecule has 1 amide bonds. The molecule has 1 aliphatic carbocycles. The van der Waals surface area contributed by atoms with Gasteiger partial charge in [0.05, 0.1) is 5.52 Å². The van der Waals surface area contributed by atoms with Crippen molar-refractivity contribution in [2.45, 2.75) is 43.4 Å². The summed E-state index contributed by atoms with van der Waals surface area (Å²) >= 11 is 7.64. The molecule has 5 heteroatoms. The Balaban J connectivity index is 1.44. The van der Waals surface area contributed by atoms with E-state index in [9.17, 15) is 4.79 Å². The van der Waals surface area contributed by atoms with E-state index >= 15 is 0 Å². The molecule has 0 saturated heterocycles. The average Bonchev–Trinajstić information content (AvgIpc) is 2.89. The lowest BCUT2D eigenvalue weighted by Gasteiger charge is -2.32. The molecular formula is C30H31ClN2OS. The third-order valence-corrected chi connectivity index (χ3v) is 8.19. The fourth-order valence-corrected chi connectivity index (χ4v) is 5.85. The van der Waals surface area contributed by atoms with Gasteiger partial charge in [-0.3, -0.25) is 9.78 Å². The number of fused-ring (bicyclic) bond motifs is 1. The Hall–Kier alpha value is -2.82. The number of carbonyl (C=O) groups is 1. The van der Waals surface area contributed by atoms with Gasteiger partial charge in [-0.25, -0.2) is 0 Å². The minimum atomic E-state index is -0.0298. The summed E-state index contributed by atoms with van der Waals surface area (Å²) in [4.78, 5) is 19.7. The number of hydrogen-bond donors (Lipinski definition) is 1. The zero-order chi connectivity index (χ0) is 24.8. The Morgan fingerprint density at radius 1 is 1.11 bits per heavy atom. The molecule has 35 heavy (non-hydrogen) atoms. The Kier molecular flexibility index (Phi) is 8.48. The number of anilines is 1. The molecule has 0 aliphatic heterocycles. The molecular weight excluding hydrogens is 472 g/mol. The number of allylic oxidation sites excluding steroid dienone is 3. The number of rotatable bonds is 8. The van der Waals surface area contributed by atoms with Gasteiger partial charge in [0.2, 0.25) is 5.91 Å². The smallest absolute Gasteiger partial charge is 0.227 e. The number of nitrogens with zero attached hydrogens (tertiary/aromatic N) is 1. The molecule has 1 fully saturated rings. The van der Waals surface area contributed by atoms with Gasteiger partial charge in [-0.2, -0.15) is 0 Å². The first-order valence-corrected chi connectivity index (χ1v) is 13.3. The lowest BCUT2D eigenvalue weighted by atomic mass is 9.73. The van der Waals surface area contributed by atoms with Crippen molar-refractivity contribution in [3.63, 3.8) is 0 Å². The number of nitrogens with one attached hydrogen (secondary N) is 1. The Morgan fingerprint density at radius 2 is 1.86 bits per heavy atom. The molecule has 1 aromatic heterocycles. The van der Waals surface area contributed by atoms with E-state index in [0.717, 1.165) is 41.8 Å². The molecule has 1 aliphatic rings. The first-order valence-electron chi connectivity index (χ1n) is 12.1. The van der Waals surface area contributed by atoms with E-state index < -0.39 is 0 Å². The highest BCUT2D eigenvalue weighted by Crippen LogP contribution is 2.41. The molecule has 0 radical (unpaired) electrons. The minimum absolute atomic E-state index is 0.0298. The van der Waals surface area contributed by atoms with Crippen LogP contribution in [0.25, 0.3) is 10.9 Å². The van der Waals surface area contributed by atoms with E-state index in [1.165, 1.54) is 15.8 Å². The Morgan fingerprint density at radius 3 is 2.54 bits per heavy atom. The zero-order valence-corrected chi connectivity index (χ0v) is 21.6. The van der Waals surface area contributed by atoms with Crippen LogP contribution < -0.4 is 5.32 Å². The summed E-state index contributed by atoms with van der Waals surface area (Å²) in [6.45, 7) is 9.75. The second-order valence-corrected chi connectivity index (χ2v) is 10.7. The predicted molar refractivity (Wildman–Crippen MR) is 150 cm³/mol. The van der Waals surface area contributed by atoms with Crippen LogP contribution in [0.5, 0.6) is 0 Å². The maximum atomic E-state index is 12.8. The first-order chi connectivity index (χ1) is 17.0. The maximum Gasteiger partial charge on any atom is 0.227 e. The van der Waals surface area contributed by atoms with Crippen molar-refractivity contribution < 1.29 is 4.79 Å². The SMILES string of the molecule is C=C/C=C(\C=C)Sc1ccc2nccc(C3CCC(C(C)C(=O)Nc4ccc(Cl)cc4)CC3)c2c1. The summed E-state index contributed by atoms with van der Waals surface area (Å²) < 4.78 is 0. The molecule has 1 N–H and O–H groups in total. The standard InChI is InChI=1S/C30H31ClN2OS/c1-4-6-25(5-2)35-26-15-16-29-28(19-26)27(17-18-32-29)22-9-7-21(8-10-22)20(3)30(34)33-24-13-11-23(31)12-14-24/h4-6,11-22H,1-2,7-10H2,3H3,(H,33,34)/b25-6+. The van der Waals surface area contributed by atoms with E-state index in [1.807, 2.05) is 30.5 Å². The van der Waals surface area contributed by atoms with Crippen molar-refractivity contribution >= 4 is 45.9 Å².